The molecule has 0 saturated heterocycles. The number of nitrogens with one attached hydrogen (secondary N) is 1. The number of halogens is 1. The zero-order valence-electron chi connectivity index (χ0n) is 21.1. The minimum Gasteiger partial charge on any atom is -0.352 e. The molecule has 0 heterocycles. The van der Waals surface area contributed by atoms with Gasteiger partial charge in [-0.15, -0.1) is 0 Å². The van der Waals surface area contributed by atoms with Crippen LogP contribution < -0.4 is 9.62 Å². The number of carbonyl (C=O) groups is 2. The van der Waals surface area contributed by atoms with Gasteiger partial charge >= 0.3 is 0 Å². The van der Waals surface area contributed by atoms with Crippen molar-refractivity contribution in [3.05, 3.63) is 64.7 Å². The normalized spacial score (nSPS) is 13.1. The molecule has 0 aliphatic heterocycles. The van der Waals surface area contributed by atoms with Crippen molar-refractivity contribution in [2.24, 2.45) is 0 Å². The second-order valence-corrected chi connectivity index (χ2v) is 11.2. The number of nitrogens with zero attached hydrogens (tertiary/aromatic N) is 2. The zero-order chi connectivity index (χ0) is 26.2. The molecule has 2 aromatic rings. The second kappa shape index (κ2) is 12.9. The van der Waals surface area contributed by atoms with E-state index in [1.807, 2.05) is 51.1 Å². The maximum Gasteiger partial charge on any atom is 0.242 e. The van der Waals surface area contributed by atoms with Gasteiger partial charge in [0.15, 0.2) is 0 Å². The molecule has 0 aromatic heterocycles. The Morgan fingerprint density at radius 3 is 2.34 bits per heavy atom. The van der Waals surface area contributed by atoms with Crippen LogP contribution in [0.4, 0.5) is 5.69 Å². The molecule has 2 amide bonds. The van der Waals surface area contributed by atoms with E-state index in [1.165, 1.54) is 4.31 Å². The van der Waals surface area contributed by atoms with E-state index in [0.717, 1.165) is 23.8 Å². The van der Waals surface area contributed by atoms with Crippen molar-refractivity contribution in [2.45, 2.75) is 65.6 Å². The van der Waals surface area contributed by atoms with Crippen LogP contribution in [-0.4, -0.2) is 50.0 Å². The summed E-state index contributed by atoms with van der Waals surface area (Å²) in [5.74, 6) is -0.423. The van der Waals surface area contributed by atoms with Crippen molar-refractivity contribution < 1.29 is 18.0 Å². The Balaban J connectivity index is 2.18. The van der Waals surface area contributed by atoms with Crippen molar-refractivity contribution >= 4 is 39.1 Å². The molecular formula is C26H36ClN3O4S. The van der Waals surface area contributed by atoms with Crippen LogP contribution in [0.2, 0.25) is 5.02 Å². The zero-order valence-corrected chi connectivity index (χ0v) is 22.7. The average Bonchev–Trinajstić information content (AvgIpc) is 2.81. The summed E-state index contributed by atoms with van der Waals surface area (Å²) in [6.07, 6.45) is 2.32. The molecule has 9 heteroatoms. The quantitative estimate of drug-likeness (QED) is 0.444. The van der Waals surface area contributed by atoms with Crippen LogP contribution in [0.1, 0.15) is 51.2 Å². The Labute approximate surface area is 214 Å². The minimum absolute atomic E-state index is 0.00267. The van der Waals surface area contributed by atoms with Gasteiger partial charge in [0.05, 0.1) is 11.9 Å². The van der Waals surface area contributed by atoms with E-state index in [1.54, 1.807) is 30.0 Å². The number of benzene rings is 2. The van der Waals surface area contributed by atoms with E-state index in [9.17, 15) is 18.0 Å². The van der Waals surface area contributed by atoms with Gasteiger partial charge in [-0.25, -0.2) is 8.42 Å². The summed E-state index contributed by atoms with van der Waals surface area (Å²) in [6, 6.07) is 13.9. The predicted octanol–water partition coefficient (Wildman–Crippen LogP) is 4.53. The first kappa shape index (κ1) is 28.7. The number of aryl methyl sites for hydroxylation is 1. The first-order valence-corrected chi connectivity index (χ1v) is 14.0. The summed E-state index contributed by atoms with van der Waals surface area (Å²) < 4.78 is 26.3. The van der Waals surface area contributed by atoms with E-state index in [0.29, 0.717) is 17.1 Å². The third kappa shape index (κ3) is 8.54. The highest BCUT2D eigenvalue weighted by Crippen LogP contribution is 2.27. The van der Waals surface area contributed by atoms with Gasteiger partial charge in [-0.05, 0) is 56.9 Å². The first-order valence-electron chi connectivity index (χ1n) is 11.8. The van der Waals surface area contributed by atoms with Gasteiger partial charge in [-0.3, -0.25) is 13.9 Å². The second-order valence-electron chi connectivity index (χ2n) is 8.87. The van der Waals surface area contributed by atoms with Crippen LogP contribution in [0.5, 0.6) is 0 Å². The number of rotatable bonds is 12. The van der Waals surface area contributed by atoms with Crippen molar-refractivity contribution in [1.29, 1.82) is 0 Å². The number of anilines is 1. The fourth-order valence-corrected chi connectivity index (χ4v) is 4.84. The molecule has 35 heavy (non-hydrogen) atoms. The summed E-state index contributed by atoms with van der Waals surface area (Å²) in [5.41, 5.74) is 2.18. The number of hydrogen-bond acceptors (Lipinski definition) is 4. The summed E-state index contributed by atoms with van der Waals surface area (Å²) in [6.45, 7) is 7.85. The lowest BCUT2D eigenvalue weighted by Crippen LogP contribution is -2.49. The molecule has 0 saturated carbocycles. The predicted molar refractivity (Wildman–Crippen MR) is 142 cm³/mol. The number of carbonyl (C=O) groups excluding carboxylic acids is 2. The van der Waals surface area contributed by atoms with E-state index in [4.69, 9.17) is 11.6 Å². The van der Waals surface area contributed by atoms with Crippen LogP contribution in [0, 0.1) is 6.92 Å². The molecule has 7 nitrogen and oxygen atoms in total. The Morgan fingerprint density at radius 2 is 1.74 bits per heavy atom. The molecule has 0 unspecified atom stereocenters. The largest absolute Gasteiger partial charge is 0.352 e. The topological polar surface area (TPSA) is 86.8 Å². The van der Waals surface area contributed by atoms with Gasteiger partial charge in [0, 0.05) is 30.6 Å². The molecule has 1 N–H and O–H groups in total. The van der Waals surface area contributed by atoms with Crippen molar-refractivity contribution in [3.63, 3.8) is 0 Å². The Kier molecular flexibility index (Phi) is 10.6. The van der Waals surface area contributed by atoms with Crippen LogP contribution >= 0.6 is 11.6 Å². The molecule has 0 radical (unpaired) electrons. The number of hydrogen-bond donors (Lipinski definition) is 1. The van der Waals surface area contributed by atoms with Crippen LogP contribution in [0.25, 0.3) is 0 Å². The standard InChI is InChI=1S/C26H36ClN3O4S/c1-6-20(3)28-26(32)21(4)29(18-22-11-8-7-9-12-22)25(31)13-10-16-30(35(5,33)34)24-17-23(27)15-14-19(24)2/h7-9,11-12,14-15,17,20-21H,6,10,13,16,18H2,1-5H3,(H,28,32)/t20-,21-/m0/s1. The Morgan fingerprint density at radius 1 is 1.09 bits per heavy atom. The molecule has 2 rings (SSSR count). The van der Waals surface area contributed by atoms with Crippen LogP contribution in [0.15, 0.2) is 48.5 Å². The molecular weight excluding hydrogens is 486 g/mol. The van der Waals surface area contributed by atoms with E-state index in [-0.39, 0.29) is 37.4 Å². The molecule has 2 atom stereocenters. The highest BCUT2D eigenvalue weighted by atomic mass is 35.5. The van der Waals surface area contributed by atoms with Crippen molar-refractivity contribution in [2.75, 3.05) is 17.1 Å². The average molecular weight is 522 g/mol. The molecule has 2 aromatic carbocycles. The van der Waals surface area contributed by atoms with Gasteiger partial charge in [0.2, 0.25) is 21.8 Å². The van der Waals surface area contributed by atoms with E-state index < -0.39 is 16.1 Å². The van der Waals surface area contributed by atoms with E-state index in [2.05, 4.69) is 5.32 Å². The third-order valence-electron chi connectivity index (χ3n) is 5.96. The maximum atomic E-state index is 13.3. The van der Waals surface area contributed by atoms with Crippen LogP contribution in [-0.2, 0) is 26.2 Å². The lowest BCUT2D eigenvalue weighted by atomic mass is 10.1. The highest BCUT2D eigenvalue weighted by Gasteiger charge is 2.27. The van der Waals surface area contributed by atoms with Crippen molar-refractivity contribution in [3.8, 4) is 0 Å². The number of amides is 2. The summed E-state index contributed by atoms with van der Waals surface area (Å²) in [4.78, 5) is 27.7. The van der Waals surface area contributed by atoms with Crippen LogP contribution in [0.3, 0.4) is 0 Å². The molecule has 0 aliphatic rings. The number of sulfonamides is 1. The Bertz CT molecular complexity index is 1110. The van der Waals surface area contributed by atoms with Gasteiger partial charge in [0.1, 0.15) is 6.04 Å². The SMILES string of the molecule is CC[C@H](C)NC(=O)[C@H](C)N(Cc1ccccc1)C(=O)CCCN(c1cc(Cl)ccc1C)S(C)(=O)=O. The summed E-state index contributed by atoms with van der Waals surface area (Å²) in [7, 11) is -3.58. The van der Waals surface area contributed by atoms with Crippen molar-refractivity contribution in [1.82, 2.24) is 10.2 Å². The summed E-state index contributed by atoms with van der Waals surface area (Å²) in [5, 5.41) is 3.38. The lowest BCUT2D eigenvalue weighted by Gasteiger charge is -2.30. The maximum absolute atomic E-state index is 13.3. The molecule has 0 fully saturated rings. The monoisotopic (exact) mass is 521 g/mol. The van der Waals surface area contributed by atoms with Gasteiger partial charge in [-0.1, -0.05) is 54.9 Å². The lowest BCUT2D eigenvalue weighted by molar-refractivity contribution is -0.140. The molecule has 0 bridgehead atoms. The third-order valence-corrected chi connectivity index (χ3v) is 7.37. The fourth-order valence-electron chi connectivity index (χ4n) is 3.66. The highest BCUT2D eigenvalue weighted by molar-refractivity contribution is 7.92. The Hall–Kier alpha value is -2.58. The van der Waals surface area contributed by atoms with Gasteiger partial charge < -0.3 is 10.2 Å². The van der Waals surface area contributed by atoms with E-state index >= 15 is 0 Å². The molecule has 192 valence electrons. The van der Waals surface area contributed by atoms with Gasteiger partial charge in [0.25, 0.3) is 0 Å². The molecule has 0 spiro atoms. The van der Waals surface area contributed by atoms with Gasteiger partial charge in [-0.2, -0.15) is 0 Å². The fraction of sp³-hybridized carbons (Fsp3) is 0.462. The molecule has 0 aliphatic carbocycles. The first-order chi connectivity index (χ1) is 16.4. The summed E-state index contributed by atoms with van der Waals surface area (Å²) >= 11 is 6.10. The minimum atomic E-state index is -3.58. The smallest absolute Gasteiger partial charge is 0.242 e.